The molecule has 6 nitrogen and oxygen atoms in total. The molecule has 0 aromatic heterocycles. The molecule has 0 radical (unpaired) electrons. The van der Waals surface area contributed by atoms with Crippen molar-refractivity contribution in [2.45, 2.75) is 64.5 Å². The van der Waals surface area contributed by atoms with E-state index in [0.717, 1.165) is 37.9 Å². The Morgan fingerprint density at radius 1 is 1.03 bits per heavy atom. The van der Waals surface area contributed by atoms with Gasteiger partial charge >= 0.3 is 0 Å². The van der Waals surface area contributed by atoms with Crippen molar-refractivity contribution in [2.75, 3.05) is 32.8 Å². The summed E-state index contributed by atoms with van der Waals surface area (Å²) in [5.74, 6) is 1.72. The van der Waals surface area contributed by atoms with Crippen LogP contribution in [-0.2, 0) is 14.3 Å². The Labute approximate surface area is 208 Å². The van der Waals surface area contributed by atoms with Crippen LogP contribution in [0.3, 0.4) is 0 Å². The molecule has 4 saturated carbocycles. The number of halogens is 1. The van der Waals surface area contributed by atoms with Gasteiger partial charge in [0.05, 0.1) is 19.3 Å². The minimum Gasteiger partial charge on any atom is -0.379 e. The molecule has 7 heteroatoms. The Morgan fingerprint density at radius 2 is 1.60 bits per heavy atom. The average molecular weight is 486 g/mol. The number of rotatable bonds is 8. The Hall–Kier alpha value is -1.99. The lowest BCUT2D eigenvalue weighted by Gasteiger charge is -2.55. The zero-order chi connectivity index (χ0) is 24.6. The van der Waals surface area contributed by atoms with Crippen molar-refractivity contribution in [1.82, 2.24) is 15.5 Å². The van der Waals surface area contributed by atoms with Crippen LogP contribution in [0.4, 0.5) is 4.39 Å². The Bertz CT molecular complexity index is 877. The van der Waals surface area contributed by atoms with E-state index in [0.29, 0.717) is 37.5 Å². The Kier molecular flexibility index (Phi) is 7.18. The summed E-state index contributed by atoms with van der Waals surface area (Å²) < 4.78 is 19.1. The highest BCUT2D eigenvalue weighted by Crippen LogP contribution is 2.60. The molecule has 1 saturated heterocycles. The number of hydrogen-bond acceptors (Lipinski definition) is 4. The minimum absolute atomic E-state index is 0.0134. The van der Waals surface area contributed by atoms with E-state index in [1.54, 1.807) is 12.1 Å². The lowest BCUT2D eigenvalue weighted by Crippen LogP contribution is -2.58. The van der Waals surface area contributed by atoms with Gasteiger partial charge in [0.1, 0.15) is 11.9 Å². The number of carbonyl (C=O) groups excluding carboxylic acids is 2. The van der Waals surface area contributed by atoms with Crippen molar-refractivity contribution >= 4 is 11.8 Å². The standard InChI is InChI=1S/C28H40FN3O3/c1-18(2)25(31-27(34)28-14-19-11-20(15-28)13-21(12-19)16-28)26(33)30-17-24(32-7-9-35-10-8-32)22-3-5-23(29)6-4-22/h3-6,18-21,24-25H,7-17H2,1-2H3,(H,30,33)(H,31,34)/t19?,20?,21?,24-,25+,28?/m0/s1. The van der Waals surface area contributed by atoms with E-state index in [9.17, 15) is 14.0 Å². The lowest BCUT2D eigenvalue weighted by atomic mass is 9.49. The van der Waals surface area contributed by atoms with Gasteiger partial charge in [-0.05, 0) is 79.9 Å². The monoisotopic (exact) mass is 485 g/mol. The van der Waals surface area contributed by atoms with E-state index in [4.69, 9.17) is 4.74 Å². The van der Waals surface area contributed by atoms with Crippen LogP contribution in [0.5, 0.6) is 0 Å². The molecule has 5 fully saturated rings. The predicted octanol–water partition coefficient (Wildman–Crippen LogP) is 3.67. The van der Waals surface area contributed by atoms with Crippen molar-refractivity contribution in [3.05, 3.63) is 35.6 Å². The predicted molar refractivity (Wildman–Crippen MR) is 132 cm³/mol. The van der Waals surface area contributed by atoms with Gasteiger partial charge in [-0.3, -0.25) is 14.5 Å². The second kappa shape index (κ2) is 10.2. The first-order valence-corrected chi connectivity index (χ1v) is 13.5. The molecular weight excluding hydrogens is 445 g/mol. The smallest absolute Gasteiger partial charge is 0.242 e. The van der Waals surface area contributed by atoms with Gasteiger partial charge in [-0.2, -0.15) is 0 Å². The summed E-state index contributed by atoms with van der Waals surface area (Å²) >= 11 is 0. The van der Waals surface area contributed by atoms with E-state index >= 15 is 0 Å². The molecule has 0 unspecified atom stereocenters. The summed E-state index contributed by atoms with van der Waals surface area (Å²) in [5.41, 5.74) is 0.694. The topological polar surface area (TPSA) is 70.7 Å². The molecule has 1 aromatic carbocycles. The molecule has 6 rings (SSSR count). The van der Waals surface area contributed by atoms with Gasteiger partial charge in [0, 0.05) is 25.0 Å². The molecular formula is C28H40FN3O3. The fraction of sp³-hybridized carbons (Fsp3) is 0.714. The third-order valence-corrected chi connectivity index (χ3v) is 8.97. The number of carbonyl (C=O) groups is 2. The van der Waals surface area contributed by atoms with Crippen LogP contribution in [0.15, 0.2) is 24.3 Å². The maximum atomic E-state index is 13.6. The Morgan fingerprint density at radius 3 is 2.14 bits per heavy atom. The highest BCUT2D eigenvalue weighted by molar-refractivity contribution is 5.90. The minimum atomic E-state index is -0.561. The second-order valence-electron chi connectivity index (χ2n) is 11.9. The maximum absolute atomic E-state index is 13.6. The van der Waals surface area contributed by atoms with Crippen molar-refractivity contribution in [3.8, 4) is 0 Å². The first kappa shape index (κ1) is 24.7. The van der Waals surface area contributed by atoms with Gasteiger partial charge in [0.15, 0.2) is 0 Å². The van der Waals surface area contributed by atoms with Crippen molar-refractivity contribution in [3.63, 3.8) is 0 Å². The molecule has 1 aromatic rings. The van der Waals surface area contributed by atoms with Crippen molar-refractivity contribution in [2.24, 2.45) is 29.1 Å². The van der Waals surface area contributed by atoms with Crippen molar-refractivity contribution < 1.29 is 18.7 Å². The number of ether oxygens (including phenoxy) is 1. The zero-order valence-electron chi connectivity index (χ0n) is 21.1. The summed E-state index contributed by atoms with van der Waals surface area (Å²) in [4.78, 5) is 29.3. The molecule has 4 bridgehead atoms. The quantitative estimate of drug-likeness (QED) is 0.590. The number of nitrogens with zero attached hydrogens (tertiary/aromatic N) is 1. The summed E-state index contributed by atoms with van der Waals surface area (Å²) in [6.45, 7) is 7.18. The lowest BCUT2D eigenvalue weighted by molar-refractivity contribution is -0.149. The van der Waals surface area contributed by atoms with Crippen LogP contribution in [0.25, 0.3) is 0 Å². The third-order valence-electron chi connectivity index (χ3n) is 8.97. The second-order valence-corrected chi connectivity index (χ2v) is 11.9. The van der Waals surface area contributed by atoms with Crippen LogP contribution in [0, 0.1) is 34.9 Å². The van der Waals surface area contributed by atoms with Gasteiger partial charge < -0.3 is 15.4 Å². The van der Waals surface area contributed by atoms with E-state index in [1.165, 1.54) is 31.4 Å². The van der Waals surface area contributed by atoms with E-state index in [2.05, 4.69) is 15.5 Å². The molecule has 192 valence electrons. The SMILES string of the molecule is CC(C)[C@@H](NC(=O)C12CC3CC(CC(C3)C1)C2)C(=O)NC[C@@H](c1ccc(F)cc1)N1CCOCC1. The molecule has 2 N–H and O–H groups in total. The first-order valence-electron chi connectivity index (χ1n) is 13.5. The molecule has 1 aliphatic heterocycles. The molecule has 1 heterocycles. The average Bonchev–Trinajstić information content (AvgIpc) is 2.83. The number of hydrogen-bond donors (Lipinski definition) is 2. The van der Waals surface area contributed by atoms with Crippen LogP contribution >= 0.6 is 0 Å². The van der Waals surface area contributed by atoms with Crippen LogP contribution < -0.4 is 10.6 Å². The number of amides is 2. The van der Waals surface area contributed by atoms with E-state index in [1.807, 2.05) is 13.8 Å². The first-order chi connectivity index (χ1) is 16.8. The molecule has 4 aliphatic carbocycles. The molecule has 2 amide bonds. The van der Waals surface area contributed by atoms with E-state index < -0.39 is 6.04 Å². The maximum Gasteiger partial charge on any atom is 0.242 e. The van der Waals surface area contributed by atoms with Gasteiger partial charge in [-0.1, -0.05) is 26.0 Å². The largest absolute Gasteiger partial charge is 0.379 e. The summed E-state index contributed by atoms with van der Waals surface area (Å²) in [5, 5.41) is 6.31. The van der Waals surface area contributed by atoms with Gasteiger partial charge in [0.2, 0.25) is 11.8 Å². The van der Waals surface area contributed by atoms with Crippen LogP contribution in [0.2, 0.25) is 0 Å². The van der Waals surface area contributed by atoms with Crippen molar-refractivity contribution in [1.29, 1.82) is 0 Å². The molecule has 35 heavy (non-hydrogen) atoms. The zero-order valence-corrected chi connectivity index (χ0v) is 21.1. The van der Waals surface area contributed by atoms with Gasteiger partial charge in [0.25, 0.3) is 0 Å². The highest BCUT2D eigenvalue weighted by atomic mass is 19.1. The summed E-state index contributed by atoms with van der Waals surface area (Å²) in [6, 6.07) is 5.87. The number of morpholine rings is 1. The fourth-order valence-corrected chi connectivity index (χ4v) is 7.56. The Balaban J connectivity index is 1.25. The molecule has 0 spiro atoms. The number of nitrogens with one attached hydrogen (secondary N) is 2. The van der Waals surface area contributed by atoms with Crippen LogP contribution in [0.1, 0.15) is 64.0 Å². The fourth-order valence-electron chi connectivity index (χ4n) is 7.56. The van der Waals surface area contributed by atoms with E-state index in [-0.39, 0.29) is 35.0 Å². The molecule has 5 aliphatic rings. The van der Waals surface area contributed by atoms with Crippen LogP contribution in [-0.4, -0.2) is 55.6 Å². The molecule has 2 atom stereocenters. The highest BCUT2D eigenvalue weighted by Gasteiger charge is 2.55. The summed E-state index contributed by atoms with van der Waals surface area (Å²) in [7, 11) is 0. The summed E-state index contributed by atoms with van der Waals surface area (Å²) in [6.07, 6.45) is 6.82. The normalized spacial score (nSPS) is 31.8. The van der Waals surface area contributed by atoms with Gasteiger partial charge in [-0.15, -0.1) is 0 Å². The number of benzene rings is 1. The van der Waals surface area contributed by atoms with Gasteiger partial charge in [-0.25, -0.2) is 4.39 Å². The third kappa shape index (κ3) is 5.26.